The van der Waals surface area contributed by atoms with Crippen molar-refractivity contribution in [2.45, 2.75) is 25.8 Å². The summed E-state index contributed by atoms with van der Waals surface area (Å²) in [5.41, 5.74) is 0. The third-order valence-corrected chi connectivity index (χ3v) is 3.39. The molecule has 4 unspecified atom stereocenters. The third-order valence-electron chi connectivity index (χ3n) is 3.39. The van der Waals surface area contributed by atoms with Crippen LogP contribution in [0, 0.1) is 17.8 Å². The number of aliphatic hydroxyl groups excluding tert-OH is 1. The maximum atomic E-state index is 12.0. The van der Waals surface area contributed by atoms with E-state index in [0.717, 1.165) is 0 Å². The zero-order valence-corrected chi connectivity index (χ0v) is 10.8. The van der Waals surface area contributed by atoms with Crippen LogP contribution >= 0.6 is 0 Å². The number of nitrogens with one attached hydrogen (secondary N) is 1. The van der Waals surface area contributed by atoms with Crippen molar-refractivity contribution < 1.29 is 24.5 Å². The second kappa shape index (κ2) is 6.70. The van der Waals surface area contributed by atoms with Crippen LogP contribution < -0.4 is 5.32 Å². The molecule has 1 aliphatic rings. The summed E-state index contributed by atoms with van der Waals surface area (Å²) in [6.45, 7) is 1.93. The van der Waals surface area contributed by atoms with Gasteiger partial charge in [0, 0.05) is 7.11 Å². The summed E-state index contributed by atoms with van der Waals surface area (Å²) in [6, 6.07) is -0.479. The van der Waals surface area contributed by atoms with E-state index in [9.17, 15) is 9.59 Å². The highest BCUT2D eigenvalue weighted by Gasteiger charge is 2.41. The number of aliphatic hydroxyl groups is 1. The molecule has 0 saturated heterocycles. The van der Waals surface area contributed by atoms with Crippen LogP contribution in [0.25, 0.3) is 0 Å². The first-order valence-corrected chi connectivity index (χ1v) is 6.12. The number of ether oxygens (including phenoxy) is 1. The Morgan fingerprint density at radius 2 is 2.00 bits per heavy atom. The lowest BCUT2D eigenvalue weighted by atomic mass is 9.95. The van der Waals surface area contributed by atoms with E-state index < -0.39 is 23.8 Å². The Bertz CT molecular complexity index is 307. The quantitative estimate of drug-likeness (QED) is 0.617. The predicted molar refractivity (Wildman–Crippen MR) is 63.9 cm³/mol. The summed E-state index contributed by atoms with van der Waals surface area (Å²) < 4.78 is 4.86. The molecule has 1 fully saturated rings. The number of aliphatic carboxylic acids is 1. The number of methoxy groups -OCH3 is 1. The molecule has 1 amide bonds. The van der Waals surface area contributed by atoms with Crippen LogP contribution in [0.3, 0.4) is 0 Å². The predicted octanol–water partition coefficient (Wildman–Crippen LogP) is -0.143. The molecule has 6 nitrogen and oxygen atoms in total. The summed E-state index contributed by atoms with van der Waals surface area (Å²) in [5, 5.41) is 20.8. The van der Waals surface area contributed by atoms with E-state index in [2.05, 4.69) is 5.32 Å². The Morgan fingerprint density at radius 3 is 2.50 bits per heavy atom. The number of carbonyl (C=O) groups excluding carboxylic acids is 1. The van der Waals surface area contributed by atoms with Crippen molar-refractivity contribution in [1.29, 1.82) is 0 Å². The van der Waals surface area contributed by atoms with Crippen LogP contribution in [0.1, 0.15) is 19.8 Å². The lowest BCUT2D eigenvalue weighted by Gasteiger charge is -2.20. The van der Waals surface area contributed by atoms with Gasteiger partial charge in [-0.05, 0) is 18.8 Å². The van der Waals surface area contributed by atoms with E-state index in [-0.39, 0.29) is 25.0 Å². The fourth-order valence-corrected chi connectivity index (χ4v) is 2.50. The van der Waals surface area contributed by atoms with Crippen LogP contribution in [-0.2, 0) is 14.3 Å². The number of rotatable bonds is 6. The third kappa shape index (κ3) is 3.68. The van der Waals surface area contributed by atoms with E-state index in [1.54, 1.807) is 0 Å². The number of carboxylic acids is 1. The maximum absolute atomic E-state index is 12.0. The summed E-state index contributed by atoms with van der Waals surface area (Å²) in [5.74, 6) is -2.13. The number of carboxylic acid groups (broad SMARTS) is 1. The molecular weight excluding hydrogens is 238 g/mol. The highest BCUT2D eigenvalue weighted by atomic mass is 16.5. The smallest absolute Gasteiger partial charge is 0.307 e. The normalized spacial score (nSPS) is 28.9. The van der Waals surface area contributed by atoms with Gasteiger partial charge in [0.1, 0.15) is 0 Å². The molecule has 0 aromatic rings. The van der Waals surface area contributed by atoms with Crippen molar-refractivity contribution in [3.8, 4) is 0 Å². The molecule has 4 atom stereocenters. The maximum Gasteiger partial charge on any atom is 0.307 e. The van der Waals surface area contributed by atoms with Gasteiger partial charge in [0.05, 0.1) is 31.1 Å². The van der Waals surface area contributed by atoms with E-state index >= 15 is 0 Å². The Hall–Kier alpha value is -1.14. The lowest BCUT2D eigenvalue weighted by molar-refractivity contribution is -0.146. The Labute approximate surface area is 106 Å². The van der Waals surface area contributed by atoms with Crippen LogP contribution in [0.15, 0.2) is 0 Å². The zero-order chi connectivity index (χ0) is 13.7. The molecule has 1 saturated carbocycles. The number of hydrogen-bond donors (Lipinski definition) is 3. The molecule has 104 valence electrons. The Balaban J connectivity index is 2.61. The van der Waals surface area contributed by atoms with Gasteiger partial charge in [0.2, 0.25) is 5.91 Å². The van der Waals surface area contributed by atoms with Crippen LogP contribution in [0.2, 0.25) is 0 Å². The molecule has 0 aromatic heterocycles. The SMILES string of the molecule is COCC(CO)NC(=O)C1CC(C)CC1C(=O)O. The molecule has 3 N–H and O–H groups in total. The molecule has 0 bridgehead atoms. The average Bonchev–Trinajstić information content (AvgIpc) is 2.71. The van der Waals surface area contributed by atoms with Gasteiger partial charge in [-0.2, -0.15) is 0 Å². The molecule has 0 spiro atoms. The molecule has 1 rings (SSSR count). The van der Waals surface area contributed by atoms with Gasteiger partial charge in [0.25, 0.3) is 0 Å². The van der Waals surface area contributed by atoms with E-state index in [4.69, 9.17) is 14.9 Å². The summed E-state index contributed by atoms with van der Waals surface area (Å²) in [4.78, 5) is 23.1. The second-order valence-corrected chi connectivity index (χ2v) is 4.97. The van der Waals surface area contributed by atoms with Crippen LogP contribution in [-0.4, -0.2) is 48.5 Å². The lowest BCUT2D eigenvalue weighted by Crippen LogP contribution is -2.45. The number of hydrogen-bond acceptors (Lipinski definition) is 4. The van der Waals surface area contributed by atoms with Crippen molar-refractivity contribution in [3.05, 3.63) is 0 Å². The highest BCUT2D eigenvalue weighted by molar-refractivity contribution is 5.85. The van der Waals surface area contributed by atoms with Crippen molar-refractivity contribution >= 4 is 11.9 Å². The molecular formula is C12H21NO5. The summed E-state index contributed by atoms with van der Waals surface area (Å²) in [6.07, 6.45) is 1.11. The molecule has 1 aliphatic carbocycles. The van der Waals surface area contributed by atoms with Crippen molar-refractivity contribution in [3.63, 3.8) is 0 Å². The summed E-state index contributed by atoms with van der Waals surface area (Å²) in [7, 11) is 1.48. The standard InChI is InChI=1S/C12H21NO5/c1-7-3-9(10(4-7)12(16)17)11(15)13-8(5-14)6-18-2/h7-10,14H,3-6H2,1-2H3,(H,13,15)(H,16,17). The fraction of sp³-hybridized carbons (Fsp3) is 0.833. The van der Waals surface area contributed by atoms with Gasteiger partial charge in [-0.1, -0.05) is 6.92 Å². The minimum Gasteiger partial charge on any atom is -0.481 e. The van der Waals surface area contributed by atoms with Crippen molar-refractivity contribution in [2.75, 3.05) is 20.3 Å². The number of carbonyl (C=O) groups is 2. The second-order valence-electron chi connectivity index (χ2n) is 4.97. The zero-order valence-electron chi connectivity index (χ0n) is 10.8. The van der Waals surface area contributed by atoms with E-state index in [1.807, 2.05) is 6.92 Å². The molecule has 0 heterocycles. The Kier molecular flexibility index (Phi) is 5.55. The van der Waals surface area contributed by atoms with Crippen molar-refractivity contribution in [2.24, 2.45) is 17.8 Å². The van der Waals surface area contributed by atoms with Crippen LogP contribution in [0.4, 0.5) is 0 Å². The molecule has 6 heteroatoms. The molecule has 0 radical (unpaired) electrons. The van der Waals surface area contributed by atoms with E-state index in [0.29, 0.717) is 12.8 Å². The van der Waals surface area contributed by atoms with Crippen molar-refractivity contribution in [1.82, 2.24) is 5.32 Å². The number of amides is 1. The topological polar surface area (TPSA) is 95.9 Å². The monoisotopic (exact) mass is 259 g/mol. The van der Waals surface area contributed by atoms with Gasteiger partial charge in [-0.25, -0.2) is 0 Å². The molecule has 0 aliphatic heterocycles. The summed E-state index contributed by atoms with van der Waals surface area (Å²) >= 11 is 0. The fourth-order valence-electron chi connectivity index (χ4n) is 2.50. The average molecular weight is 259 g/mol. The highest BCUT2D eigenvalue weighted by Crippen LogP contribution is 2.36. The van der Waals surface area contributed by atoms with Gasteiger partial charge in [-0.15, -0.1) is 0 Å². The minimum atomic E-state index is -0.924. The van der Waals surface area contributed by atoms with Gasteiger partial charge >= 0.3 is 5.97 Å². The van der Waals surface area contributed by atoms with Gasteiger partial charge in [-0.3, -0.25) is 9.59 Å². The van der Waals surface area contributed by atoms with Crippen LogP contribution in [0.5, 0.6) is 0 Å². The molecule has 18 heavy (non-hydrogen) atoms. The first-order chi connectivity index (χ1) is 8.49. The first kappa shape index (κ1) is 14.9. The van der Waals surface area contributed by atoms with Gasteiger partial charge < -0.3 is 20.3 Å². The first-order valence-electron chi connectivity index (χ1n) is 6.12. The largest absolute Gasteiger partial charge is 0.481 e. The Morgan fingerprint density at radius 1 is 1.39 bits per heavy atom. The van der Waals surface area contributed by atoms with E-state index in [1.165, 1.54) is 7.11 Å². The molecule has 0 aromatic carbocycles. The van der Waals surface area contributed by atoms with Gasteiger partial charge in [0.15, 0.2) is 0 Å². The minimum absolute atomic E-state index is 0.211.